The van der Waals surface area contributed by atoms with Gasteiger partial charge in [0.05, 0.1) is 0 Å². The zero-order valence-corrected chi connectivity index (χ0v) is 9.38. The summed E-state index contributed by atoms with van der Waals surface area (Å²) < 4.78 is 0. The molecule has 1 atom stereocenters. The van der Waals surface area contributed by atoms with Crippen LogP contribution in [0.25, 0.3) is 0 Å². The fourth-order valence-electron chi connectivity index (χ4n) is 2.00. The monoisotopic (exact) mass is 182 g/mol. The van der Waals surface area contributed by atoms with Crippen molar-refractivity contribution in [2.24, 2.45) is 5.41 Å². The van der Waals surface area contributed by atoms with Crippen LogP contribution in [0.5, 0.6) is 0 Å². The van der Waals surface area contributed by atoms with E-state index in [1.807, 2.05) is 6.20 Å². The van der Waals surface area contributed by atoms with Crippen LogP contribution in [0.3, 0.4) is 0 Å². The average molecular weight is 182 g/mol. The van der Waals surface area contributed by atoms with E-state index in [1.165, 1.54) is 0 Å². The first-order valence-corrected chi connectivity index (χ1v) is 5.02. The van der Waals surface area contributed by atoms with Crippen molar-refractivity contribution in [3.8, 4) is 0 Å². The first-order valence-electron chi connectivity index (χ1n) is 5.02. The lowest BCUT2D eigenvalue weighted by Gasteiger charge is -2.45. The predicted molar refractivity (Wildman–Crippen MR) is 57.6 cm³/mol. The molecule has 0 aromatic carbocycles. The second-order valence-electron chi connectivity index (χ2n) is 5.04. The lowest BCUT2D eigenvalue weighted by molar-refractivity contribution is 0.0543. The molecule has 1 unspecified atom stereocenters. The highest BCUT2D eigenvalue weighted by molar-refractivity contribution is 4.91. The molecule has 0 aliphatic carbocycles. The molecule has 0 N–H and O–H groups in total. The largest absolute Gasteiger partial charge is 0.375 e. The summed E-state index contributed by atoms with van der Waals surface area (Å²) in [7, 11) is 2.22. The molecule has 0 spiro atoms. The second kappa shape index (κ2) is 3.70. The third kappa shape index (κ3) is 2.47. The molecule has 2 nitrogen and oxygen atoms in total. The minimum atomic E-state index is 0.358. The van der Waals surface area contributed by atoms with Gasteiger partial charge in [0.2, 0.25) is 0 Å². The quantitative estimate of drug-likeness (QED) is 0.610. The van der Waals surface area contributed by atoms with Gasteiger partial charge in [-0.05, 0) is 18.7 Å². The maximum absolute atomic E-state index is 3.83. The molecular formula is C11H22N2. The maximum Gasteiger partial charge on any atom is 0.0334 e. The van der Waals surface area contributed by atoms with Crippen LogP contribution in [-0.4, -0.2) is 42.5 Å². The summed E-state index contributed by atoms with van der Waals surface area (Å²) >= 11 is 0. The summed E-state index contributed by atoms with van der Waals surface area (Å²) in [4.78, 5) is 4.77. The number of hydrogen-bond acceptors (Lipinski definition) is 2. The van der Waals surface area contributed by atoms with E-state index in [2.05, 4.69) is 44.2 Å². The Hall–Kier alpha value is -0.500. The minimum absolute atomic E-state index is 0.358. The van der Waals surface area contributed by atoms with E-state index in [-0.39, 0.29) is 0 Å². The molecule has 1 aliphatic heterocycles. The van der Waals surface area contributed by atoms with Crippen LogP contribution in [0, 0.1) is 5.41 Å². The summed E-state index contributed by atoms with van der Waals surface area (Å²) in [5, 5.41) is 0. The van der Waals surface area contributed by atoms with E-state index in [0.29, 0.717) is 11.5 Å². The van der Waals surface area contributed by atoms with Crippen molar-refractivity contribution in [1.82, 2.24) is 9.80 Å². The van der Waals surface area contributed by atoms with Crippen molar-refractivity contribution in [2.75, 3.05) is 26.7 Å². The van der Waals surface area contributed by atoms with E-state index in [1.54, 1.807) is 0 Å². The van der Waals surface area contributed by atoms with Crippen LogP contribution in [-0.2, 0) is 0 Å². The highest BCUT2D eigenvalue weighted by Crippen LogP contribution is 2.26. The maximum atomic E-state index is 3.83. The highest BCUT2D eigenvalue weighted by Gasteiger charge is 2.32. The fraction of sp³-hybridized carbons (Fsp3) is 0.818. The van der Waals surface area contributed by atoms with Crippen LogP contribution in [0.2, 0.25) is 0 Å². The van der Waals surface area contributed by atoms with Crippen molar-refractivity contribution >= 4 is 0 Å². The SMILES string of the molecule is C=CN1CCN(C)C(C(C)(C)C)C1. The lowest BCUT2D eigenvalue weighted by atomic mass is 9.84. The van der Waals surface area contributed by atoms with E-state index in [9.17, 15) is 0 Å². The smallest absolute Gasteiger partial charge is 0.0334 e. The summed E-state index contributed by atoms with van der Waals surface area (Å²) in [5.74, 6) is 0. The van der Waals surface area contributed by atoms with Crippen molar-refractivity contribution in [3.63, 3.8) is 0 Å². The zero-order valence-electron chi connectivity index (χ0n) is 9.38. The van der Waals surface area contributed by atoms with E-state index in [0.717, 1.165) is 19.6 Å². The van der Waals surface area contributed by atoms with Gasteiger partial charge in [-0.25, -0.2) is 0 Å². The Morgan fingerprint density at radius 3 is 2.38 bits per heavy atom. The minimum Gasteiger partial charge on any atom is -0.375 e. The van der Waals surface area contributed by atoms with Gasteiger partial charge in [-0.2, -0.15) is 0 Å². The topological polar surface area (TPSA) is 6.48 Å². The van der Waals surface area contributed by atoms with Gasteiger partial charge in [-0.1, -0.05) is 27.4 Å². The Balaban J connectivity index is 2.65. The summed E-state index contributed by atoms with van der Waals surface area (Å²) in [6.45, 7) is 14.1. The lowest BCUT2D eigenvalue weighted by Crippen LogP contribution is -2.54. The Bertz CT molecular complexity index is 181. The Morgan fingerprint density at radius 1 is 1.31 bits per heavy atom. The third-order valence-electron chi connectivity index (χ3n) is 2.94. The molecule has 0 amide bonds. The average Bonchev–Trinajstić information content (AvgIpc) is 2.03. The molecule has 1 saturated heterocycles. The molecule has 0 radical (unpaired) electrons. The van der Waals surface area contributed by atoms with Crippen molar-refractivity contribution in [1.29, 1.82) is 0 Å². The van der Waals surface area contributed by atoms with Crippen molar-refractivity contribution in [2.45, 2.75) is 26.8 Å². The van der Waals surface area contributed by atoms with Gasteiger partial charge in [0.1, 0.15) is 0 Å². The number of nitrogens with zero attached hydrogens (tertiary/aromatic N) is 2. The van der Waals surface area contributed by atoms with Crippen LogP contribution in [0.1, 0.15) is 20.8 Å². The van der Waals surface area contributed by atoms with Gasteiger partial charge in [0, 0.05) is 25.7 Å². The predicted octanol–water partition coefficient (Wildman–Crippen LogP) is 1.79. The molecular weight excluding hydrogens is 160 g/mol. The number of piperazine rings is 1. The van der Waals surface area contributed by atoms with Gasteiger partial charge >= 0.3 is 0 Å². The van der Waals surface area contributed by atoms with E-state index >= 15 is 0 Å². The molecule has 0 aromatic rings. The van der Waals surface area contributed by atoms with Gasteiger partial charge in [-0.15, -0.1) is 0 Å². The molecule has 2 heteroatoms. The van der Waals surface area contributed by atoms with Gasteiger partial charge in [0.15, 0.2) is 0 Å². The van der Waals surface area contributed by atoms with Gasteiger partial charge in [-0.3, -0.25) is 4.90 Å². The van der Waals surface area contributed by atoms with Crippen LogP contribution in [0.4, 0.5) is 0 Å². The van der Waals surface area contributed by atoms with Crippen molar-refractivity contribution < 1.29 is 0 Å². The summed E-state index contributed by atoms with van der Waals surface area (Å²) in [6, 6.07) is 0.638. The molecule has 1 fully saturated rings. The normalized spacial score (nSPS) is 26.2. The van der Waals surface area contributed by atoms with Gasteiger partial charge in [0.25, 0.3) is 0 Å². The zero-order chi connectivity index (χ0) is 10.1. The summed E-state index contributed by atoms with van der Waals surface area (Å²) in [5.41, 5.74) is 0.358. The van der Waals surface area contributed by atoms with Crippen molar-refractivity contribution in [3.05, 3.63) is 12.8 Å². The fourth-order valence-corrected chi connectivity index (χ4v) is 2.00. The Labute approximate surface area is 82.2 Å². The van der Waals surface area contributed by atoms with Crippen LogP contribution < -0.4 is 0 Å². The molecule has 13 heavy (non-hydrogen) atoms. The first-order chi connectivity index (χ1) is 5.95. The Kier molecular flexibility index (Phi) is 3.01. The molecule has 1 heterocycles. The Morgan fingerprint density at radius 2 is 1.92 bits per heavy atom. The number of rotatable bonds is 1. The van der Waals surface area contributed by atoms with Crippen LogP contribution in [0.15, 0.2) is 12.8 Å². The molecule has 0 aromatic heterocycles. The van der Waals surface area contributed by atoms with Crippen LogP contribution >= 0.6 is 0 Å². The molecule has 1 aliphatic rings. The molecule has 0 bridgehead atoms. The van der Waals surface area contributed by atoms with E-state index in [4.69, 9.17) is 0 Å². The molecule has 1 rings (SSSR count). The first kappa shape index (κ1) is 10.6. The standard InChI is InChI=1S/C11H22N2/c1-6-13-8-7-12(5)10(9-13)11(2,3)4/h6,10H,1,7-9H2,2-5H3. The molecule has 76 valence electrons. The summed E-state index contributed by atoms with van der Waals surface area (Å²) in [6.07, 6.45) is 1.96. The van der Waals surface area contributed by atoms with E-state index < -0.39 is 0 Å². The number of likely N-dealkylation sites (N-methyl/N-ethyl adjacent to an activating group) is 1. The highest BCUT2D eigenvalue weighted by atomic mass is 15.3. The number of hydrogen-bond donors (Lipinski definition) is 0. The van der Waals surface area contributed by atoms with Gasteiger partial charge < -0.3 is 4.90 Å². The second-order valence-corrected chi connectivity index (χ2v) is 5.04. The molecule has 0 saturated carbocycles. The third-order valence-corrected chi connectivity index (χ3v) is 2.94.